The first-order valence-electron chi connectivity index (χ1n) is 10.4. The van der Waals surface area contributed by atoms with Crippen LogP contribution in [0.15, 0.2) is 30.6 Å². The van der Waals surface area contributed by atoms with Gasteiger partial charge in [0.25, 0.3) is 5.91 Å². The van der Waals surface area contributed by atoms with Crippen molar-refractivity contribution in [1.82, 2.24) is 19.6 Å². The predicted octanol–water partition coefficient (Wildman–Crippen LogP) is 2.94. The lowest BCUT2D eigenvalue weighted by atomic mass is 9.97. The van der Waals surface area contributed by atoms with Crippen molar-refractivity contribution in [2.45, 2.75) is 38.3 Å². The Morgan fingerprint density at radius 1 is 1.24 bits per heavy atom. The maximum Gasteiger partial charge on any atom is 0.254 e. The lowest BCUT2D eigenvalue weighted by Gasteiger charge is -2.43. The van der Waals surface area contributed by atoms with Crippen molar-refractivity contribution in [1.29, 1.82) is 0 Å². The van der Waals surface area contributed by atoms with Crippen molar-refractivity contribution in [3.63, 3.8) is 0 Å². The van der Waals surface area contributed by atoms with Crippen LogP contribution in [-0.4, -0.2) is 64.4 Å². The van der Waals surface area contributed by atoms with Gasteiger partial charge in [-0.3, -0.25) is 9.48 Å². The monoisotopic (exact) mass is 400 g/mol. The number of hydrogen-bond acceptors (Lipinski definition) is 4. The molecule has 2 fully saturated rings. The number of carbonyl (C=O) groups excluding carboxylic acids is 1. The number of nitrogens with zero attached hydrogens (tertiary/aromatic N) is 4. The molecule has 6 nitrogen and oxygen atoms in total. The van der Waals surface area contributed by atoms with Crippen LogP contribution < -0.4 is 0 Å². The minimum Gasteiger partial charge on any atom is -0.373 e. The average molecular weight is 400 g/mol. The zero-order valence-corrected chi connectivity index (χ0v) is 17.2. The summed E-state index contributed by atoms with van der Waals surface area (Å²) >= 11 is 0. The third kappa shape index (κ3) is 4.36. The molecule has 1 aromatic heterocycles. The number of ether oxygens (including phenoxy) is 1. The van der Waals surface area contributed by atoms with Gasteiger partial charge in [0, 0.05) is 37.5 Å². The number of rotatable bonds is 4. The van der Waals surface area contributed by atoms with Crippen LogP contribution in [0.1, 0.15) is 46.8 Å². The number of amides is 1. The molecular formula is C22H29FN4O2. The summed E-state index contributed by atoms with van der Waals surface area (Å²) in [5.74, 6) is -0.544. The number of benzene rings is 1. The van der Waals surface area contributed by atoms with Gasteiger partial charge in [-0.2, -0.15) is 5.10 Å². The molecule has 0 saturated carbocycles. The van der Waals surface area contributed by atoms with Crippen molar-refractivity contribution in [3.8, 4) is 0 Å². The van der Waals surface area contributed by atoms with Gasteiger partial charge in [-0.25, -0.2) is 4.39 Å². The molecule has 1 amide bonds. The first kappa shape index (κ1) is 20.0. The van der Waals surface area contributed by atoms with E-state index < -0.39 is 5.82 Å². The molecule has 2 aliphatic heterocycles. The van der Waals surface area contributed by atoms with E-state index in [0.29, 0.717) is 18.7 Å². The van der Waals surface area contributed by atoms with Crippen LogP contribution in [0.25, 0.3) is 0 Å². The fraction of sp³-hybridized carbons (Fsp3) is 0.545. The van der Waals surface area contributed by atoms with Gasteiger partial charge in [0.1, 0.15) is 5.82 Å². The topological polar surface area (TPSA) is 50.6 Å². The van der Waals surface area contributed by atoms with Crippen LogP contribution in [0.5, 0.6) is 0 Å². The second kappa shape index (κ2) is 8.63. The van der Waals surface area contributed by atoms with E-state index in [1.807, 2.05) is 25.1 Å². The largest absolute Gasteiger partial charge is 0.373 e. The van der Waals surface area contributed by atoms with E-state index in [1.54, 1.807) is 16.9 Å². The van der Waals surface area contributed by atoms with E-state index in [2.05, 4.69) is 10.00 Å². The number of morpholine rings is 1. The highest BCUT2D eigenvalue weighted by Crippen LogP contribution is 2.32. The molecule has 4 rings (SSSR count). The van der Waals surface area contributed by atoms with E-state index in [0.717, 1.165) is 30.8 Å². The Morgan fingerprint density at radius 3 is 2.76 bits per heavy atom. The Hall–Kier alpha value is -2.25. The van der Waals surface area contributed by atoms with Gasteiger partial charge in [0.2, 0.25) is 0 Å². The molecule has 2 aromatic rings. The molecule has 7 heteroatoms. The number of likely N-dealkylation sites (tertiary alicyclic amines) is 1. The number of halogens is 1. The van der Waals surface area contributed by atoms with E-state index in [4.69, 9.17) is 4.74 Å². The molecule has 2 aliphatic rings. The Kier molecular flexibility index (Phi) is 5.96. The molecular weight excluding hydrogens is 371 g/mol. The van der Waals surface area contributed by atoms with E-state index in [-0.39, 0.29) is 18.1 Å². The van der Waals surface area contributed by atoms with Gasteiger partial charge in [-0.15, -0.1) is 0 Å². The fourth-order valence-electron chi connectivity index (χ4n) is 4.48. The van der Waals surface area contributed by atoms with Crippen LogP contribution in [-0.2, 0) is 11.8 Å². The third-order valence-corrected chi connectivity index (χ3v) is 6.00. The number of piperidine rings is 1. The van der Waals surface area contributed by atoms with Crippen molar-refractivity contribution >= 4 is 5.91 Å². The van der Waals surface area contributed by atoms with Crippen molar-refractivity contribution in [3.05, 3.63) is 53.1 Å². The first-order chi connectivity index (χ1) is 14.0. The van der Waals surface area contributed by atoms with E-state index in [1.165, 1.54) is 31.4 Å². The Labute approximate surface area is 171 Å². The normalized spacial score (nSPS) is 23.3. The van der Waals surface area contributed by atoms with E-state index >= 15 is 0 Å². The fourth-order valence-corrected chi connectivity index (χ4v) is 4.48. The summed E-state index contributed by atoms with van der Waals surface area (Å²) in [7, 11) is 1.87. The minimum absolute atomic E-state index is 0.135. The van der Waals surface area contributed by atoms with Crippen LogP contribution >= 0.6 is 0 Å². The van der Waals surface area contributed by atoms with Gasteiger partial charge in [-0.05, 0) is 50.6 Å². The molecule has 0 spiro atoms. The number of aryl methyl sites for hydroxylation is 2. The molecule has 2 atom stereocenters. The molecule has 3 heterocycles. The minimum atomic E-state index is -0.394. The Bertz CT molecular complexity index is 862. The molecule has 0 aliphatic carbocycles. The van der Waals surface area contributed by atoms with Crippen molar-refractivity contribution in [2.24, 2.45) is 7.05 Å². The SMILES string of the molecule is Cc1ccc(F)cc1C(=O)N1CCO[C@@H](CN2CCCCC2)[C@@H]1c1cnn(C)c1. The van der Waals surface area contributed by atoms with Gasteiger partial charge in [0.05, 0.1) is 24.9 Å². The van der Waals surface area contributed by atoms with Crippen molar-refractivity contribution in [2.75, 3.05) is 32.8 Å². The third-order valence-electron chi connectivity index (χ3n) is 6.00. The lowest BCUT2D eigenvalue weighted by molar-refractivity contribution is -0.0742. The number of aromatic nitrogens is 2. The molecule has 0 N–H and O–H groups in total. The molecule has 0 unspecified atom stereocenters. The van der Waals surface area contributed by atoms with Crippen LogP contribution in [0, 0.1) is 12.7 Å². The van der Waals surface area contributed by atoms with Gasteiger partial charge < -0.3 is 14.5 Å². The zero-order valence-electron chi connectivity index (χ0n) is 17.2. The van der Waals surface area contributed by atoms with Crippen LogP contribution in [0.2, 0.25) is 0 Å². The van der Waals surface area contributed by atoms with Crippen molar-refractivity contribution < 1.29 is 13.9 Å². The summed E-state index contributed by atoms with van der Waals surface area (Å²) in [5, 5.41) is 4.32. The Morgan fingerprint density at radius 2 is 2.03 bits per heavy atom. The second-order valence-corrected chi connectivity index (χ2v) is 8.12. The standard InChI is InChI=1S/C22H29FN4O2/c1-16-6-7-18(23)12-19(16)22(28)27-10-11-29-20(15-26-8-4-3-5-9-26)21(27)17-13-24-25(2)14-17/h6-7,12-14,20-21H,3-5,8-11,15H2,1-2H3/t20-,21-/m0/s1. The van der Waals surface area contributed by atoms with Crippen LogP contribution in [0.4, 0.5) is 4.39 Å². The highest BCUT2D eigenvalue weighted by atomic mass is 19.1. The maximum atomic E-state index is 13.9. The maximum absolute atomic E-state index is 13.9. The molecule has 0 radical (unpaired) electrons. The number of carbonyl (C=O) groups is 1. The summed E-state index contributed by atoms with van der Waals surface area (Å²) in [6.45, 7) is 5.72. The summed E-state index contributed by atoms with van der Waals surface area (Å²) in [5.41, 5.74) is 2.15. The van der Waals surface area contributed by atoms with Gasteiger partial charge in [-0.1, -0.05) is 12.5 Å². The Balaban J connectivity index is 1.65. The van der Waals surface area contributed by atoms with E-state index in [9.17, 15) is 9.18 Å². The summed E-state index contributed by atoms with van der Waals surface area (Å²) < 4.78 is 21.8. The van der Waals surface area contributed by atoms with Gasteiger partial charge >= 0.3 is 0 Å². The lowest BCUT2D eigenvalue weighted by Crippen LogP contribution is -2.52. The number of hydrogen-bond donors (Lipinski definition) is 0. The summed E-state index contributed by atoms with van der Waals surface area (Å²) in [4.78, 5) is 17.7. The second-order valence-electron chi connectivity index (χ2n) is 8.12. The average Bonchev–Trinajstić information content (AvgIpc) is 3.16. The smallest absolute Gasteiger partial charge is 0.254 e. The molecule has 29 heavy (non-hydrogen) atoms. The highest BCUT2D eigenvalue weighted by Gasteiger charge is 2.38. The molecule has 1 aromatic carbocycles. The summed E-state index contributed by atoms with van der Waals surface area (Å²) in [6.07, 6.45) is 7.30. The summed E-state index contributed by atoms with van der Waals surface area (Å²) in [6, 6.07) is 4.15. The quantitative estimate of drug-likeness (QED) is 0.792. The molecule has 0 bridgehead atoms. The molecule has 156 valence electrons. The van der Waals surface area contributed by atoms with Gasteiger partial charge in [0.15, 0.2) is 0 Å². The van der Waals surface area contributed by atoms with Crippen LogP contribution in [0.3, 0.4) is 0 Å². The molecule has 2 saturated heterocycles. The zero-order chi connectivity index (χ0) is 20.4. The highest BCUT2D eigenvalue weighted by molar-refractivity contribution is 5.96. The predicted molar refractivity (Wildman–Crippen MR) is 108 cm³/mol. The first-order valence-corrected chi connectivity index (χ1v) is 10.4.